The van der Waals surface area contributed by atoms with Gasteiger partial charge in [-0.3, -0.25) is 0 Å². The van der Waals surface area contributed by atoms with Gasteiger partial charge in [0.25, 0.3) is 0 Å². The van der Waals surface area contributed by atoms with E-state index in [1.54, 1.807) is 0 Å². The van der Waals surface area contributed by atoms with Gasteiger partial charge in [-0.2, -0.15) is 0 Å². The Hall–Kier alpha value is -0.200. The summed E-state index contributed by atoms with van der Waals surface area (Å²) in [5, 5.41) is 0. The molecule has 17 heavy (non-hydrogen) atoms. The van der Waals surface area contributed by atoms with E-state index in [0.717, 1.165) is 0 Å². The van der Waals surface area contributed by atoms with Crippen LogP contribution < -0.4 is 17.2 Å². The molecule has 5 heteroatoms. The smallest absolute Gasteiger partial charge is 0.174 e. The average Bonchev–Trinajstić information content (AvgIpc) is 2.23. The molecule has 1 fully saturated rings. The first-order valence-corrected chi connectivity index (χ1v) is 6.40. The Bertz CT molecular complexity index is 232. The standard InChI is InChI=1S/C12H27N3O2/c1-6(2)9-8(5-13)17-12(16-7(3)4)11(15)10(9)14/h6-12H,5,13-15H2,1-4H3/t8?,9-,10+,11?,12+/m1/s1. The molecule has 102 valence electrons. The Morgan fingerprint density at radius 3 is 2.12 bits per heavy atom. The van der Waals surface area contributed by atoms with E-state index in [0.29, 0.717) is 12.5 Å². The molecule has 6 N–H and O–H groups in total. The first kappa shape index (κ1) is 14.9. The van der Waals surface area contributed by atoms with Crippen molar-refractivity contribution >= 4 is 0 Å². The molecule has 5 nitrogen and oxygen atoms in total. The quantitative estimate of drug-likeness (QED) is 0.649. The van der Waals surface area contributed by atoms with Crippen LogP contribution in [0.2, 0.25) is 0 Å². The molecule has 0 aromatic carbocycles. The molecule has 0 radical (unpaired) electrons. The summed E-state index contributed by atoms with van der Waals surface area (Å²) in [6.07, 6.45) is -0.464. The molecule has 0 aromatic rings. The van der Waals surface area contributed by atoms with E-state index in [1.165, 1.54) is 0 Å². The summed E-state index contributed by atoms with van der Waals surface area (Å²) in [6.45, 7) is 8.59. The van der Waals surface area contributed by atoms with Crippen LogP contribution in [0, 0.1) is 11.8 Å². The molecule has 1 aliphatic rings. The molecule has 1 rings (SSSR count). The molecule has 5 atom stereocenters. The van der Waals surface area contributed by atoms with E-state index in [-0.39, 0.29) is 30.2 Å². The Kier molecular flexibility index (Phi) is 5.34. The van der Waals surface area contributed by atoms with Crippen LogP contribution in [0.4, 0.5) is 0 Å². The molecular weight excluding hydrogens is 218 g/mol. The predicted molar refractivity (Wildman–Crippen MR) is 68.2 cm³/mol. The lowest BCUT2D eigenvalue weighted by Gasteiger charge is -2.46. The summed E-state index contributed by atoms with van der Waals surface area (Å²) in [5.74, 6) is 0.576. The monoisotopic (exact) mass is 245 g/mol. The average molecular weight is 245 g/mol. The number of hydrogen-bond donors (Lipinski definition) is 3. The lowest BCUT2D eigenvalue weighted by atomic mass is 9.79. The van der Waals surface area contributed by atoms with Crippen molar-refractivity contribution in [1.29, 1.82) is 0 Å². The summed E-state index contributed by atoms with van der Waals surface area (Å²) >= 11 is 0. The minimum atomic E-state index is -0.450. The third-order valence-electron chi connectivity index (χ3n) is 3.35. The SMILES string of the molecule is CC(C)O[C@H]1OC(CN)[C@@H](C(C)C)[C@H](N)C1N. The van der Waals surface area contributed by atoms with Gasteiger partial charge in [0.1, 0.15) is 0 Å². The van der Waals surface area contributed by atoms with Crippen LogP contribution in [0.3, 0.4) is 0 Å². The maximum atomic E-state index is 6.21. The highest BCUT2D eigenvalue weighted by Gasteiger charge is 2.43. The molecule has 1 saturated heterocycles. The first-order chi connectivity index (χ1) is 7.88. The second kappa shape index (κ2) is 6.11. The van der Waals surface area contributed by atoms with Gasteiger partial charge in [-0.05, 0) is 19.8 Å². The van der Waals surface area contributed by atoms with Gasteiger partial charge in [0.05, 0.1) is 18.2 Å². The normalized spacial score (nSPS) is 39.0. The molecule has 1 heterocycles. The van der Waals surface area contributed by atoms with E-state index in [4.69, 9.17) is 26.7 Å². The van der Waals surface area contributed by atoms with Gasteiger partial charge in [0, 0.05) is 18.5 Å². The van der Waals surface area contributed by atoms with E-state index >= 15 is 0 Å². The van der Waals surface area contributed by atoms with E-state index < -0.39 is 6.29 Å². The molecular formula is C12H27N3O2. The lowest BCUT2D eigenvalue weighted by molar-refractivity contribution is -0.237. The van der Waals surface area contributed by atoms with Crippen molar-refractivity contribution in [2.45, 2.75) is 58.3 Å². The molecule has 0 spiro atoms. The van der Waals surface area contributed by atoms with Gasteiger partial charge >= 0.3 is 0 Å². The van der Waals surface area contributed by atoms with E-state index in [2.05, 4.69) is 13.8 Å². The highest BCUT2D eigenvalue weighted by Crippen LogP contribution is 2.30. The van der Waals surface area contributed by atoms with E-state index in [9.17, 15) is 0 Å². The molecule has 2 unspecified atom stereocenters. The van der Waals surface area contributed by atoms with Crippen LogP contribution in [0.15, 0.2) is 0 Å². The minimum absolute atomic E-state index is 0.0623. The topological polar surface area (TPSA) is 96.5 Å². The summed E-state index contributed by atoms with van der Waals surface area (Å²) in [7, 11) is 0. The van der Waals surface area contributed by atoms with Crippen LogP contribution in [0.25, 0.3) is 0 Å². The molecule has 0 bridgehead atoms. The van der Waals surface area contributed by atoms with Gasteiger partial charge in [0.2, 0.25) is 0 Å². The minimum Gasteiger partial charge on any atom is -0.348 e. The van der Waals surface area contributed by atoms with Crippen LogP contribution in [-0.4, -0.2) is 37.1 Å². The second-order valence-corrected chi connectivity index (χ2v) is 5.44. The fourth-order valence-electron chi connectivity index (χ4n) is 2.52. The second-order valence-electron chi connectivity index (χ2n) is 5.44. The Morgan fingerprint density at radius 2 is 1.71 bits per heavy atom. The zero-order valence-electron chi connectivity index (χ0n) is 11.3. The zero-order chi connectivity index (χ0) is 13.2. The lowest BCUT2D eigenvalue weighted by Crippen LogP contribution is -2.65. The maximum Gasteiger partial charge on any atom is 0.174 e. The van der Waals surface area contributed by atoms with Crippen molar-refractivity contribution in [1.82, 2.24) is 0 Å². The first-order valence-electron chi connectivity index (χ1n) is 6.40. The largest absolute Gasteiger partial charge is 0.348 e. The molecule has 0 aromatic heterocycles. The van der Waals surface area contributed by atoms with Crippen molar-refractivity contribution in [2.24, 2.45) is 29.0 Å². The van der Waals surface area contributed by atoms with Gasteiger partial charge < -0.3 is 26.7 Å². The molecule has 0 aliphatic carbocycles. The van der Waals surface area contributed by atoms with Crippen molar-refractivity contribution in [3.63, 3.8) is 0 Å². The Labute approximate surface area is 104 Å². The highest BCUT2D eigenvalue weighted by atomic mass is 16.7. The maximum absolute atomic E-state index is 6.21. The molecule has 0 amide bonds. The van der Waals surface area contributed by atoms with Gasteiger partial charge in [-0.25, -0.2) is 0 Å². The van der Waals surface area contributed by atoms with Crippen LogP contribution in [0.1, 0.15) is 27.7 Å². The fourth-order valence-corrected chi connectivity index (χ4v) is 2.52. The number of hydrogen-bond acceptors (Lipinski definition) is 5. The summed E-state index contributed by atoms with van der Waals surface area (Å²) in [4.78, 5) is 0. The molecule has 0 saturated carbocycles. The summed E-state index contributed by atoms with van der Waals surface area (Å²) in [6, 6.07) is -0.436. The van der Waals surface area contributed by atoms with Gasteiger partial charge in [0.15, 0.2) is 6.29 Å². The predicted octanol–water partition coefficient (Wildman–Crippen LogP) is 0.0218. The number of rotatable bonds is 4. The number of nitrogens with two attached hydrogens (primary N) is 3. The third kappa shape index (κ3) is 3.39. The zero-order valence-corrected chi connectivity index (χ0v) is 11.3. The summed E-state index contributed by atoms with van der Waals surface area (Å²) < 4.78 is 11.5. The van der Waals surface area contributed by atoms with Crippen molar-refractivity contribution in [3.8, 4) is 0 Å². The van der Waals surface area contributed by atoms with Crippen LogP contribution in [-0.2, 0) is 9.47 Å². The van der Waals surface area contributed by atoms with Crippen LogP contribution in [0.5, 0.6) is 0 Å². The van der Waals surface area contributed by atoms with Gasteiger partial charge in [-0.15, -0.1) is 0 Å². The van der Waals surface area contributed by atoms with E-state index in [1.807, 2.05) is 13.8 Å². The Morgan fingerprint density at radius 1 is 1.12 bits per heavy atom. The van der Waals surface area contributed by atoms with Gasteiger partial charge in [-0.1, -0.05) is 13.8 Å². The summed E-state index contributed by atoms with van der Waals surface area (Å²) in [5.41, 5.74) is 18.1. The number of ether oxygens (including phenoxy) is 2. The molecule has 1 aliphatic heterocycles. The van der Waals surface area contributed by atoms with Crippen molar-refractivity contribution in [3.05, 3.63) is 0 Å². The van der Waals surface area contributed by atoms with Crippen LogP contribution >= 0.6 is 0 Å². The third-order valence-corrected chi connectivity index (χ3v) is 3.35. The fraction of sp³-hybridized carbons (Fsp3) is 1.00. The van der Waals surface area contributed by atoms with Crippen molar-refractivity contribution < 1.29 is 9.47 Å². The Balaban J connectivity index is 2.78. The highest BCUT2D eigenvalue weighted by molar-refractivity contribution is 4.95. The van der Waals surface area contributed by atoms with Crippen molar-refractivity contribution in [2.75, 3.05) is 6.54 Å².